The molecule has 4 rings (SSSR count). The van der Waals surface area contributed by atoms with E-state index in [1.165, 1.54) is 19.2 Å². The average Bonchev–Trinajstić information content (AvgIpc) is 2.99. The molecule has 0 aromatic heterocycles. The lowest BCUT2D eigenvalue weighted by atomic mass is 10.0. The van der Waals surface area contributed by atoms with Crippen LogP contribution >= 0.6 is 11.6 Å². The number of rotatable bonds is 12. The fourth-order valence-electron chi connectivity index (χ4n) is 4.03. The van der Waals surface area contributed by atoms with Crippen molar-refractivity contribution in [2.75, 3.05) is 18.3 Å². The first-order valence-corrected chi connectivity index (χ1v) is 14.5. The summed E-state index contributed by atoms with van der Waals surface area (Å²) < 4.78 is 39.8. The van der Waals surface area contributed by atoms with Gasteiger partial charge in [-0.25, -0.2) is 13.1 Å². The largest absolute Gasteiger partial charge is 0.493 e. The Hall–Kier alpha value is -4.54. The van der Waals surface area contributed by atoms with E-state index in [4.69, 9.17) is 32.2 Å². The second-order valence-corrected chi connectivity index (χ2v) is 10.9. The number of nitrogens with two attached hydrogens (primary N) is 1. The van der Waals surface area contributed by atoms with Crippen LogP contribution in [-0.2, 0) is 14.8 Å². The summed E-state index contributed by atoms with van der Waals surface area (Å²) in [6, 6.07) is 27.3. The zero-order chi connectivity index (χ0) is 29.4. The van der Waals surface area contributed by atoms with Crippen molar-refractivity contribution in [3.63, 3.8) is 0 Å². The van der Waals surface area contributed by atoms with Gasteiger partial charge in [-0.1, -0.05) is 54.6 Å². The molecule has 0 heterocycles. The molecule has 4 aromatic rings. The molecule has 0 saturated carbocycles. The van der Waals surface area contributed by atoms with Crippen LogP contribution in [0.5, 0.6) is 11.5 Å². The maximum atomic E-state index is 13.5. The van der Waals surface area contributed by atoms with E-state index < -0.39 is 28.1 Å². The van der Waals surface area contributed by atoms with E-state index in [2.05, 4.69) is 10.0 Å². The summed E-state index contributed by atoms with van der Waals surface area (Å²) in [6.07, 6.45) is -0.453. The molecule has 9 nitrogen and oxygen atoms in total. The van der Waals surface area contributed by atoms with Gasteiger partial charge in [-0.3, -0.25) is 10.2 Å². The van der Waals surface area contributed by atoms with Crippen LogP contribution in [0, 0.1) is 5.41 Å². The van der Waals surface area contributed by atoms with E-state index in [1.54, 1.807) is 60.7 Å². The Labute approximate surface area is 243 Å². The lowest BCUT2D eigenvalue weighted by molar-refractivity contribution is -0.120. The molecule has 0 spiro atoms. The predicted octanol–water partition coefficient (Wildman–Crippen LogP) is 5.00. The number of nitrogens with one attached hydrogen (secondary N) is 3. The predicted molar refractivity (Wildman–Crippen MR) is 159 cm³/mol. The molecule has 212 valence electrons. The minimum atomic E-state index is -4.15. The lowest BCUT2D eigenvalue weighted by Gasteiger charge is -2.23. The Morgan fingerprint density at radius 2 is 1.54 bits per heavy atom. The maximum Gasteiger partial charge on any atom is 0.264 e. The zero-order valence-corrected chi connectivity index (χ0v) is 23.7. The topological polar surface area (TPSA) is 144 Å². The van der Waals surface area contributed by atoms with Crippen molar-refractivity contribution in [1.82, 2.24) is 4.72 Å². The quantitative estimate of drug-likeness (QED) is 0.103. The Kier molecular flexibility index (Phi) is 9.49. The van der Waals surface area contributed by atoms with E-state index >= 15 is 0 Å². The SMILES string of the molecule is COc1cc(C(Nc2ccc(C(=N)N)cc2)C(=O)NS(=O)(=O)c2ccccc2)ccc1OC(CCl)c1ccccc1. The van der Waals surface area contributed by atoms with Gasteiger partial charge in [0.05, 0.1) is 17.9 Å². The monoisotopic (exact) mass is 592 g/mol. The standard InChI is InChI=1S/C30H29ClN4O5S/c1-39-26-18-22(14-17-25(26)40-27(19-31)20-8-4-2-5-9-20)28(34-23-15-12-21(13-16-23)29(32)33)30(36)35-41(37,38)24-10-6-3-7-11-24/h2-18,27-28,34H,19H2,1H3,(H3,32,33)(H,35,36). The van der Waals surface area contributed by atoms with Gasteiger partial charge in [-0.05, 0) is 59.7 Å². The number of alkyl halides is 1. The first kappa shape index (κ1) is 29.4. The fourth-order valence-corrected chi connectivity index (χ4v) is 5.29. The highest BCUT2D eigenvalue weighted by Crippen LogP contribution is 2.35. The van der Waals surface area contributed by atoms with Crippen molar-refractivity contribution < 1.29 is 22.7 Å². The normalized spacial score (nSPS) is 12.5. The number of hydrogen-bond acceptors (Lipinski definition) is 7. The molecule has 5 N–H and O–H groups in total. The fraction of sp³-hybridized carbons (Fsp3) is 0.133. The number of halogens is 1. The van der Waals surface area contributed by atoms with Crippen molar-refractivity contribution >= 4 is 39.1 Å². The van der Waals surface area contributed by atoms with Gasteiger partial charge >= 0.3 is 0 Å². The molecule has 0 aliphatic carbocycles. The molecule has 0 aliphatic heterocycles. The van der Waals surface area contributed by atoms with Crippen LogP contribution in [0.3, 0.4) is 0 Å². The van der Waals surface area contributed by atoms with Gasteiger partial charge in [-0.15, -0.1) is 11.6 Å². The summed E-state index contributed by atoms with van der Waals surface area (Å²) in [6.45, 7) is 0. The molecule has 2 atom stereocenters. The summed E-state index contributed by atoms with van der Waals surface area (Å²) in [5, 5.41) is 10.7. The second-order valence-electron chi connectivity index (χ2n) is 8.93. The molecule has 41 heavy (non-hydrogen) atoms. The molecular weight excluding hydrogens is 564 g/mol. The Morgan fingerprint density at radius 3 is 2.12 bits per heavy atom. The molecule has 0 radical (unpaired) electrons. The third kappa shape index (κ3) is 7.36. The van der Waals surface area contributed by atoms with Gasteiger partial charge < -0.3 is 20.5 Å². The van der Waals surface area contributed by atoms with Crippen LogP contribution in [0.4, 0.5) is 5.69 Å². The minimum absolute atomic E-state index is 0.0488. The number of amidine groups is 1. The highest BCUT2D eigenvalue weighted by atomic mass is 35.5. The number of ether oxygens (including phenoxy) is 2. The third-order valence-corrected chi connectivity index (χ3v) is 7.80. The van der Waals surface area contributed by atoms with Gasteiger partial charge in [0, 0.05) is 11.3 Å². The van der Waals surface area contributed by atoms with Crippen molar-refractivity contribution in [1.29, 1.82) is 5.41 Å². The van der Waals surface area contributed by atoms with E-state index in [1.807, 2.05) is 30.3 Å². The van der Waals surface area contributed by atoms with Gasteiger partial charge in [0.25, 0.3) is 15.9 Å². The number of methoxy groups -OCH3 is 1. The Bertz CT molecular complexity index is 1600. The van der Waals surface area contributed by atoms with Gasteiger partial charge in [0.2, 0.25) is 0 Å². The highest BCUT2D eigenvalue weighted by molar-refractivity contribution is 7.90. The number of nitrogen functional groups attached to an aromatic ring is 1. The average molecular weight is 593 g/mol. The minimum Gasteiger partial charge on any atom is -0.493 e. The summed E-state index contributed by atoms with van der Waals surface area (Å²) >= 11 is 6.20. The third-order valence-electron chi connectivity index (χ3n) is 6.16. The lowest BCUT2D eigenvalue weighted by Crippen LogP contribution is -2.37. The van der Waals surface area contributed by atoms with E-state index in [0.717, 1.165) is 5.56 Å². The number of carbonyl (C=O) groups is 1. The Morgan fingerprint density at radius 1 is 0.902 bits per heavy atom. The number of amides is 1. The van der Waals surface area contributed by atoms with Crippen molar-refractivity contribution in [2.24, 2.45) is 5.73 Å². The maximum absolute atomic E-state index is 13.5. The first-order valence-electron chi connectivity index (χ1n) is 12.5. The number of benzene rings is 4. The van der Waals surface area contributed by atoms with Crippen LogP contribution in [0.2, 0.25) is 0 Å². The van der Waals surface area contributed by atoms with Gasteiger partial charge in [0.15, 0.2) is 11.5 Å². The smallest absolute Gasteiger partial charge is 0.264 e. The summed E-state index contributed by atoms with van der Waals surface area (Å²) in [4.78, 5) is 13.5. The molecule has 0 fully saturated rings. The highest BCUT2D eigenvalue weighted by Gasteiger charge is 2.27. The van der Waals surface area contributed by atoms with Crippen molar-refractivity contribution in [2.45, 2.75) is 17.0 Å². The van der Waals surface area contributed by atoms with Crippen molar-refractivity contribution in [3.8, 4) is 11.5 Å². The molecular formula is C30H29ClN4O5S. The van der Waals surface area contributed by atoms with E-state index in [9.17, 15) is 13.2 Å². The van der Waals surface area contributed by atoms with Gasteiger partial charge in [-0.2, -0.15) is 0 Å². The van der Waals surface area contributed by atoms with Crippen LogP contribution < -0.4 is 25.2 Å². The molecule has 0 aliphatic rings. The second kappa shape index (κ2) is 13.2. The Balaban J connectivity index is 1.67. The molecule has 2 unspecified atom stereocenters. The molecule has 1 amide bonds. The van der Waals surface area contributed by atoms with Crippen LogP contribution in [0.15, 0.2) is 108 Å². The van der Waals surface area contributed by atoms with E-state index in [0.29, 0.717) is 28.3 Å². The van der Waals surface area contributed by atoms with Crippen LogP contribution in [-0.4, -0.2) is 33.2 Å². The number of hydrogen-bond donors (Lipinski definition) is 4. The summed E-state index contributed by atoms with van der Waals surface area (Å²) in [5.41, 5.74) is 7.84. The molecule has 0 bridgehead atoms. The zero-order valence-electron chi connectivity index (χ0n) is 22.1. The number of anilines is 1. The van der Waals surface area contributed by atoms with Crippen LogP contribution in [0.1, 0.15) is 28.8 Å². The molecule has 4 aromatic carbocycles. The van der Waals surface area contributed by atoms with E-state index in [-0.39, 0.29) is 16.6 Å². The number of carbonyl (C=O) groups excluding carboxylic acids is 1. The molecule has 0 saturated heterocycles. The summed E-state index contributed by atoms with van der Waals surface area (Å²) in [7, 11) is -2.69. The number of sulfonamides is 1. The van der Waals surface area contributed by atoms with Gasteiger partial charge in [0.1, 0.15) is 18.0 Å². The van der Waals surface area contributed by atoms with Crippen molar-refractivity contribution in [3.05, 3.63) is 120 Å². The first-order chi connectivity index (χ1) is 19.7. The molecule has 11 heteroatoms. The van der Waals surface area contributed by atoms with Crippen LogP contribution in [0.25, 0.3) is 0 Å². The summed E-state index contributed by atoms with van der Waals surface area (Å²) in [5.74, 6) is -0.0117.